The summed E-state index contributed by atoms with van der Waals surface area (Å²) in [5.41, 5.74) is -0.514. The van der Waals surface area contributed by atoms with Crippen LogP contribution in [0.4, 0.5) is 19.3 Å². The Morgan fingerprint density at radius 2 is 1.86 bits per heavy atom. The number of halogens is 2. The van der Waals surface area contributed by atoms with E-state index in [1.807, 2.05) is 11.8 Å². The van der Waals surface area contributed by atoms with Crippen LogP contribution in [-0.2, 0) is 9.59 Å². The van der Waals surface area contributed by atoms with Crippen LogP contribution in [0.1, 0.15) is 32.6 Å². The highest BCUT2D eigenvalue weighted by molar-refractivity contribution is 6.07. The van der Waals surface area contributed by atoms with Gasteiger partial charge in [-0.05, 0) is 44.2 Å². The minimum absolute atomic E-state index is 0.0837. The van der Waals surface area contributed by atoms with Crippen LogP contribution >= 0.6 is 0 Å². The van der Waals surface area contributed by atoms with E-state index in [2.05, 4.69) is 10.6 Å². The maximum Gasteiger partial charge on any atom is 0.322 e. The van der Waals surface area contributed by atoms with E-state index >= 15 is 0 Å². The Balaban J connectivity index is 1.37. The van der Waals surface area contributed by atoms with E-state index in [9.17, 15) is 23.2 Å². The second-order valence-corrected chi connectivity index (χ2v) is 8.16. The molecule has 1 aromatic carbocycles. The number of carbonyl (C=O) groups is 3. The number of carbonyl (C=O) groups excluding carboxylic acids is 3. The van der Waals surface area contributed by atoms with E-state index in [1.165, 1.54) is 12.1 Å². The summed E-state index contributed by atoms with van der Waals surface area (Å²) >= 11 is 0. The number of amides is 4. The zero-order chi connectivity index (χ0) is 20.8. The highest BCUT2D eigenvalue weighted by Crippen LogP contribution is 2.43. The van der Waals surface area contributed by atoms with Gasteiger partial charge in [0.2, 0.25) is 5.91 Å². The quantitative estimate of drug-likeness (QED) is 0.731. The molecule has 4 rings (SSSR count). The topological polar surface area (TPSA) is 81.8 Å². The maximum atomic E-state index is 13.5. The van der Waals surface area contributed by atoms with Crippen molar-refractivity contribution in [3.8, 4) is 0 Å². The van der Waals surface area contributed by atoms with Gasteiger partial charge in [0.1, 0.15) is 17.2 Å². The number of piperazine rings is 1. The Kier molecular flexibility index (Phi) is 4.92. The molecule has 2 saturated heterocycles. The smallest absolute Gasteiger partial charge is 0.322 e. The minimum Gasteiger partial charge on any atom is -0.365 e. The second kappa shape index (κ2) is 7.27. The lowest BCUT2D eigenvalue weighted by Crippen LogP contribution is -2.54. The molecule has 0 spiro atoms. The number of rotatable bonds is 5. The highest BCUT2D eigenvalue weighted by atomic mass is 19.1. The standard InChI is InChI=1S/C20H24F2N4O3/c1-12-11-25(6-7-26(12)16-9-14(21)8-15(22)10-16)17(27)4-5-20(13-2-3-13)18(28)23-19(29)24-20/h8-10,12-13H,2-7,11H2,1H3,(H2,23,24,28,29)/t12-,20?/m0/s1. The third-order valence-electron chi connectivity index (χ3n) is 6.14. The first-order chi connectivity index (χ1) is 13.8. The average Bonchev–Trinajstić information content (AvgIpc) is 3.45. The minimum atomic E-state index is -0.973. The summed E-state index contributed by atoms with van der Waals surface area (Å²) in [7, 11) is 0. The number of nitrogens with one attached hydrogen (secondary N) is 2. The molecule has 2 N–H and O–H groups in total. The van der Waals surface area contributed by atoms with Gasteiger partial charge in [-0.3, -0.25) is 14.9 Å². The molecular weight excluding hydrogens is 382 g/mol. The fourth-order valence-corrected chi connectivity index (χ4v) is 4.48. The fourth-order valence-electron chi connectivity index (χ4n) is 4.48. The van der Waals surface area contributed by atoms with Crippen molar-refractivity contribution in [2.45, 2.75) is 44.2 Å². The molecule has 9 heteroatoms. The number of urea groups is 1. The molecule has 2 atom stereocenters. The molecule has 156 valence electrons. The molecule has 1 unspecified atom stereocenters. The third-order valence-corrected chi connectivity index (χ3v) is 6.14. The predicted octanol–water partition coefficient (Wildman–Crippen LogP) is 1.77. The van der Waals surface area contributed by atoms with Gasteiger partial charge in [-0.2, -0.15) is 0 Å². The van der Waals surface area contributed by atoms with Gasteiger partial charge in [-0.1, -0.05) is 0 Å². The summed E-state index contributed by atoms with van der Waals surface area (Å²) in [6, 6.07) is 2.80. The summed E-state index contributed by atoms with van der Waals surface area (Å²) < 4.78 is 27.1. The van der Waals surface area contributed by atoms with Gasteiger partial charge in [-0.15, -0.1) is 0 Å². The van der Waals surface area contributed by atoms with Crippen molar-refractivity contribution in [2.75, 3.05) is 24.5 Å². The van der Waals surface area contributed by atoms with Gasteiger partial charge in [0.05, 0.1) is 0 Å². The fraction of sp³-hybridized carbons (Fsp3) is 0.550. The Hall–Kier alpha value is -2.71. The van der Waals surface area contributed by atoms with Crippen molar-refractivity contribution in [3.05, 3.63) is 29.8 Å². The molecule has 3 fully saturated rings. The Bertz CT molecular complexity index is 840. The molecule has 0 aromatic heterocycles. The molecule has 3 aliphatic rings. The number of imide groups is 1. The largest absolute Gasteiger partial charge is 0.365 e. The van der Waals surface area contributed by atoms with Gasteiger partial charge in [0.25, 0.3) is 5.91 Å². The molecule has 1 aliphatic carbocycles. The van der Waals surface area contributed by atoms with Crippen molar-refractivity contribution in [1.82, 2.24) is 15.5 Å². The number of benzene rings is 1. The molecule has 2 aliphatic heterocycles. The van der Waals surface area contributed by atoms with E-state index in [0.29, 0.717) is 25.3 Å². The predicted molar refractivity (Wildman–Crippen MR) is 101 cm³/mol. The van der Waals surface area contributed by atoms with Crippen LogP contribution in [0.3, 0.4) is 0 Å². The number of hydrogen-bond acceptors (Lipinski definition) is 4. The van der Waals surface area contributed by atoms with E-state index in [-0.39, 0.29) is 36.6 Å². The number of hydrogen-bond donors (Lipinski definition) is 2. The summed E-state index contributed by atoms with van der Waals surface area (Å²) in [6.45, 7) is 3.21. The molecule has 1 aromatic rings. The van der Waals surface area contributed by atoms with Gasteiger partial charge < -0.3 is 15.1 Å². The lowest BCUT2D eigenvalue weighted by Gasteiger charge is -2.41. The first kappa shape index (κ1) is 19.6. The van der Waals surface area contributed by atoms with Crippen LogP contribution in [0.25, 0.3) is 0 Å². The van der Waals surface area contributed by atoms with Crippen LogP contribution in [0.5, 0.6) is 0 Å². The average molecular weight is 406 g/mol. The number of nitrogens with zero attached hydrogens (tertiary/aromatic N) is 2. The van der Waals surface area contributed by atoms with E-state index in [0.717, 1.165) is 18.9 Å². The first-order valence-electron chi connectivity index (χ1n) is 9.92. The molecule has 2 heterocycles. The van der Waals surface area contributed by atoms with Crippen molar-refractivity contribution in [2.24, 2.45) is 5.92 Å². The SMILES string of the molecule is C[C@H]1CN(C(=O)CCC2(C3CC3)NC(=O)NC2=O)CCN1c1cc(F)cc(F)c1. The molecule has 29 heavy (non-hydrogen) atoms. The number of anilines is 1. The maximum absolute atomic E-state index is 13.5. The van der Waals surface area contributed by atoms with Crippen molar-refractivity contribution in [3.63, 3.8) is 0 Å². The van der Waals surface area contributed by atoms with Gasteiger partial charge >= 0.3 is 6.03 Å². The first-order valence-corrected chi connectivity index (χ1v) is 9.92. The van der Waals surface area contributed by atoms with Gasteiger partial charge in [0, 0.05) is 43.9 Å². The van der Waals surface area contributed by atoms with E-state index in [1.54, 1.807) is 4.90 Å². The molecule has 7 nitrogen and oxygen atoms in total. The zero-order valence-electron chi connectivity index (χ0n) is 16.2. The monoisotopic (exact) mass is 406 g/mol. The lowest BCUT2D eigenvalue weighted by molar-refractivity contribution is -0.133. The highest BCUT2D eigenvalue weighted by Gasteiger charge is 2.55. The van der Waals surface area contributed by atoms with Crippen molar-refractivity contribution >= 4 is 23.5 Å². The zero-order valence-corrected chi connectivity index (χ0v) is 16.2. The van der Waals surface area contributed by atoms with Crippen molar-refractivity contribution < 1.29 is 23.2 Å². The normalized spacial score (nSPS) is 27.1. The van der Waals surface area contributed by atoms with Crippen LogP contribution < -0.4 is 15.5 Å². The van der Waals surface area contributed by atoms with Crippen molar-refractivity contribution in [1.29, 1.82) is 0 Å². The van der Waals surface area contributed by atoms with Gasteiger partial charge in [0.15, 0.2) is 0 Å². The summed E-state index contributed by atoms with van der Waals surface area (Å²) in [6.07, 6.45) is 2.16. The third kappa shape index (κ3) is 3.77. The van der Waals surface area contributed by atoms with E-state index < -0.39 is 23.2 Å². The summed E-state index contributed by atoms with van der Waals surface area (Å²) in [5.74, 6) is -1.61. The van der Waals surface area contributed by atoms with Gasteiger partial charge in [-0.25, -0.2) is 13.6 Å². The summed E-state index contributed by atoms with van der Waals surface area (Å²) in [4.78, 5) is 40.3. The van der Waals surface area contributed by atoms with Crippen LogP contribution in [0, 0.1) is 17.6 Å². The summed E-state index contributed by atoms with van der Waals surface area (Å²) in [5, 5.41) is 5.03. The molecule has 0 bridgehead atoms. The Labute approximate surface area is 167 Å². The molecule has 1 saturated carbocycles. The molecule has 0 radical (unpaired) electrons. The van der Waals surface area contributed by atoms with Crippen LogP contribution in [0.15, 0.2) is 18.2 Å². The molecule has 4 amide bonds. The molecular formula is C20H24F2N4O3. The Morgan fingerprint density at radius 1 is 1.17 bits per heavy atom. The van der Waals surface area contributed by atoms with Crippen LogP contribution in [-0.4, -0.2) is 54.0 Å². The Morgan fingerprint density at radius 3 is 2.41 bits per heavy atom. The van der Waals surface area contributed by atoms with Crippen LogP contribution in [0.2, 0.25) is 0 Å². The van der Waals surface area contributed by atoms with E-state index in [4.69, 9.17) is 0 Å². The second-order valence-electron chi connectivity index (χ2n) is 8.16. The lowest BCUT2D eigenvalue weighted by atomic mass is 9.87.